The van der Waals surface area contributed by atoms with Crippen molar-refractivity contribution in [3.8, 4) is 0 Å². The zero-order valence-corrected chi connectivity index (χ0v) is 11.3. The van der Waals surface area contributed by atoms with Crippen molar-refractivity contribution in [1.29, 1.82) is 0 Å². The summed E-state index contributed by atoms with van der Waals surface area (Å²) in [5, 5.41) is 19.9. The molecule has 0 fully saturated rings. The molecule has 2 aromatic heterocycles. The molecule has 3 rings (SSSR count). The third kappa shape index (κ3) is 2.01. The molecule has 0 unspecified atom stereocenters. The maximum absolute atomic E-state index is 5.85. The number of fused-ring (bicyclic) bond motifs is 1. The molecule has 0 saturated carbocycles. The molecule has 0 atom stereocenters. The van der Waals surface area contributed by atoms with Gasteiger partial charge >= 0.3 is 0 Å². The van der Waals surface area contributed by atoms with Crippen molar-refractivity contribution in [1.82, 2.24) is 25.1 Å². The van der Waals surface area contributed by atoms with Gasteiger partial charge < -0.3 is 5.84 Å². The van der Waals surface area contributed by atoms with Crippen molar-refractivity contribution < 1.29 is 0 Å². The highest BCUT2D eigenvalue weighted by atomic mass is 32.2. The third-order valence-corrected chi connectivity index (χ3v) is 3.82. The molecule has 1 aromatic carbocycles. The first-order chi connectivity index (χ1) is 9.16. The van der Waals surface area contributed by atoms with Crippen LogP contribution in [0.25, 0.3) is 10.8 Å². The maximum atomic E-state index is 5.85. The van der Waals surface area contributed by atoms with Crippen molar-refractivity contribution in [2.75, 3.05) is 5.84 Å². The molecule has 0 radical (unpaired) electrons. The molecule has 6 nitrogen and oxygen atoms in total. The molecule has 0 spiro atoms. The van der Waals surface area contributed by atoms with Gasteiger partial charge in [-0.2, -0.15) is 5.10 Å². The Morgan fingerprint density at radius 1 is 1.00 bits per heavy atom. The number of aromatic nitrogens is 5. The normalized spacial score (nSPS) is 11.1. The van der Waals surface area contributed by atoms with Crippen LogP contribution >= 0.6 is 11.8 Å². The van der Waals surface area contributed by atoms with Gasteiger partial charge in [-0.3, -0.25) is 0 Å². The second-order valence-electron chi connectivity index (χ2n) is 4.14. The molecule has 3 aromatic rings. The molecule has 0 saturated heterocycles. The Morgan fingerprint density at radius 2 is 1.74 bits per heavy atom. The van der Waals surface area contributed by atoms with Gasteiger partial charge in [0.25, 0.3) is 0 Å². The molecule has 0 amide bonds. The second kappa shape index (κ2) is 4.51. The van der Waals surface area contributed by atoms with Crippen molar-refractivity contribution in [3.63, 3.8) is 0 Å². The minimum absolute atomic E-state index is 0.598. The Balaban J connectivity index is 2.11. The lowest BCUT2D eigenvalue weighted by molar-refractivity contribution is 0.820. The van der Waals surface area contributed by atoms with E-state index >= 15 is 0 Å². The SMILES string of the molecule is Cc1nnc(Sc2nnc(C)n2N)c2ccccc12. The van der Waals surface area contributed by atoms with Crippen LogP contribution in [0.2, 0.25) is 0 Å². The number of aryl methyl sites for hydroxylation is 2. The first kappa shape index (κ1) is 11.9. The summed E-state index contributed by atoms with van der Waals surface area (Å²) in [5.74, 6) is 6.51. The molecule has 19 heavy (non-hydrogen) atoms. The fourth-order valence-corrected chi connectivity index (χ4v) is 2.65. The van der Waals surface area contributed by atoms with E-state index in [1.807, 2.05) is 31.2 Å². The summed E-state index contributed by atoms with van der Waals surface area (Å²) in [7, 11) is 0. The molecule has 0 bridgehead atoms. The second-order valence-corrected chi connectivity index (χ2v) is 5.09. The van der Waals surface area contributed by atoms with Gasteiger partial charge in [-0.15, -0.1) is 15.3 Å². The predicted octanol–water partition coefficient (Wildman–Crippen LogP) is 1.70. The van der Waals surface area contributed by atoms with E-state index in [9.17, 15) is 0 Å². The van der Waals surface area contributed by atoms with E-state index in [0.29, 0.717) is 11.0 Å². The summed E-state index contributed by atoms with van der Waals surface area (Å²) in [6.07, 6.45) is 0. The van der Waals surface area contributed by atoms with Gasteiger partial charge in [0.15, 0.2) is 0 Å². The number of benzene rings is 1. The Bertz CT molecular complexity index is 751. The van der Waals surface area contributed by atoms with Crippen molar-refractivity contribution in [2.45, 2.75) is 24.0 Å². The first-order valence-electron chi connectivity index (χ1n) is 5.74. The Morgan fingerprint density at radius 3 is 2.42 bits per heavy atom. The largest absolute Gasteiger partial charge is 0.336 e. The molecule has 2 heterocycles. The van der Waals surface area contributed by atoms with Crippen molar-refractivity contribution in [3.05, 3.63) is 35.8 Å². The van der Waals surface area contributed by atoms with E-state index in [4.69, 9.17) is 5.84 Å². The Labute approximate surface area is 114 Å². The van der Waals surface area contributed by atoms with E-state index in [1.165, 1.54) is 16.4 Å². The fourth-order valence-electron chi connectivity index (χ4n) is 1.79. The summed E-state index contributed by atoms with van der Waals surface area (Å²) in [6, 6.07) is 8.01. The van der Waals surface area contributed by atoms with Gasteiger partial charge in [-0.05, 0) is 25.6 Å². The van der Waals surface area contributed by atoms with Crippen molar-refractivity contribution in [2.24, 2.45) is 0 Å². The van der Waals surface area contributed by atoms with Crippen LogP contribution in [-0.4, -0.2) is 25.1 Å². The van der Waals surface area contributed by atoms with Crippen molar-refractivity contribution >= 4 is 22.5 Å². The zero-order valence-electron chi connectivity index (χ0n) is 10.5. The number of hydrogen-bond donors (Lipinski definition) is 1. The Kier molecular flexibility index (Phi) is 2.83. The number of rotatable bonds is 2. The van der Waals surface area contributed by atoms with E-state index in [-0.39, 0.29) is 0 Å². The van der Waals surface area contributed by atoms with Crippen LogP contribution < -0.4 is 5.84 Å². The molecule has 96 valence electrons. The van der Waals surface area contributed by atoms with E-state index in [1.54, 1.807) is 6.92 Å². The monoisotopic (exact) mass is 272 g/mol. The third-order valence-electron chi connectivity index (χ3n) is 2.86. The van der Waals surface area contributed by atoms with E-state index in [0.717, 1.165) is 21.5 Å². The highest BCUT2D eigenvalue weighted by molar-refractivity contribution is 7.99. The zero-order chi connectivity index (χ0) is 13.4. The topological polar surface area (TPSA) is 82.5 Å². The van der Waals surface area contributed by atoms with Crippen LogP contribution in [0.4, 0.5) is 0 Å². The van der Waals surface area contributed by atoms with Crippen LogP contribution in [-0.2, 0) is 0 Å². The van der Waals surface area contributed by atoms with Crippen LogP contribution in [0.5, 0.6) is 0 Å². The highest BCUT2D eigenvalue weighted by Gasteiger charge is 2.12. The Hall–Kier alpha value is -2.15. The molecular formula is C12H12N6S. The van der Waals surface area contributed by atoms with Crippen LogP contribution in [0, 0.1) is 13.8 Å². The average Bonchev–Trinajstić information content (AvgIpc) is 2.74. The van der Waals surface area contributed by atoms with Gasteiger partial charge in [0.05, 0.1) is 5.69 Å². The van der Waals surface area contributed by atoms with Crippen LogP contribution in [0.15, 0.2) is 34.4 Å². The molecular weight excluding hydrogens is 260 g/mol. The van der Waals surface area contributed by atoms with Gasteiger partial charge in [-0.1, -0.05) is 24.3 Å². The molecule has 7 heteroatoms. The van der Waals surface area contributed by atoms with Gasteiger partial charge in [0.2, 0.25) is 5.16 Å². The lowest BCUT2D eigenvalue weighted by atomic mass is 10.1. The number of nitrogens with two attached hydrogens (primary N) is 1. The number of nitrogen functional groups attached to an aromatic ring is 1. The fraction of sp³-hybridized carbons (Fsp3) is 0.167. The van der Waals surface area contributed by atoms with Gasteiger partial charge in [0.1, 0.15) is 10.9 Å². The minimum Gasteiger partial charge on any atom is -0.336 e. The van der Waals surface area contributed by atoms with Gasteiger partial charge in [-0.25, -0.2) is 4.68 Å². The highest BCUT2D eigenvalue weighted by Crippen LogP contribution is 2.30. The maximum Gasteiger partial charge on any atom is 0.216 e. The van der Waals surface area contributed by atoms with Gasteiger partial charge in [0, 0.05) is 10.8 Å². The average molecular weight is 272 g/mol. The molecule has 0 aliphatic heterocycles. The molecule has 0 aliphatic rings. The molecule has 2 N–H and O–H groups in total. The number of hydrogen-bond acceptors (Lipinski definition) is 6. The predicted molar refractivity (Wildman–Crippen MR) is 73.3 cm³/mol. The lowest BCUT2D eigenvalue weighted by Gasteiger charge is -2.05. The van der Waals surface area contributed by atoms with Crippen LogP contribution in [0.1, 0.15) is 11.5 Å². The minimum atomic E-state index is 0.598. The summed E-state index contributed by atoms with van der Waals surface area (Å²) >= 11 is 1.36. The quantitative estimate of drug-likeness (QED) is 0.715. The summed E-state index contributed by atoms with van der Waals surface area (Å²) < 4.78 is 1.45. The van der Waals surface area contributed by atoms with E-state index < -0.39 is 0 Å². The van der Waals surface area contributed by atoms with Crippen LogP contribution in [0.3, 0.4) is 0 Å². The standard InChI is InChI=1S/C12H12N6S/c1-7-9-5-3-4-6-10(9)11(16-14-7)19-12-17-15-8(2)18(12)13/h3-6H,13H2,1-2H3. The summed E-state index contributed by atoms with van der Waals surface area (Å²) in [6.45, 7) is 3.75. The summed E-state index contributed by atoms with van der Waals surface area (Å²) in [5.41, 5.74) is 0.908. The smallest absolute Gasteiger partial charge is 0.216 e. The number of nitrogens with zero attached hydrogens (tertiary/aromatic N) is 5. The summed E-state index contributed by atoms with van der Waals surface area (Å²) in [4.78, 5) is 0. The molecule has 0 aliphatic carbocycles. The van der Waals surface area contributed by atoms with E-state index in [2.05, 4.69) is 20.4 Å². The first-order valence-corrected chi connectivity index (χ1v) is 6.55. The lowest BCUT2D eigenvalue weighted by Crippen LogP contribution is -2.11.